The minimum Gasteiger partial charge on any atom is -0.354 e. The summed E-state index contributed by atoms with van der Waals surface area (Å²) in [5.41, 5.74) is 6.01. The third kappa shape index (κ3) is 4.86. The SMILES string of the molecule is Cc1ccc(-c2cc3c(N4CCCC(C(=O)NCc5ccc(F)cc5Cl)C4)nccn3n2)c(C)c1. The van der Waals surface area contributed by atoms with Gasteiger partial charge in [-0.15, -0.1) is 0 Å². The lowest BCUT2D eigenvalue weighted by atomic mass is 9.97. The van der Waals surface area contributed by atoms with Crippen LogP contribution in [-0.2, 0) is 11.3 Å². The molecule has 180 valence electrons. The molecule has 1 unspecified atom stereocenters. The van der Waals surface area contributed by atoms with Gasteiger partial charge in [0.2, 0.25) is 5.91 Å². The number of nitrogens with one attached hydrogen (secondary N) is 1. The van der Waals surface area contributed by atoms with Gasteiger partial charge >= 0.3 is 0 Å². The average molecular weight is 492 g/mol. The molecule has 8 heteroatoms. The Morgan fingerprint density at radius 2 is 2.06 bits per heavy atom. The molecule has 4 aromatic rings. The van der Waals surface area contributed by atoms with E-state index in [0.29, 0.717) is 17.1 Å². The molecule has 1 aliphatic heterocycles. The zero-order valence-electron chi connectivity index (χ0n) is 19.8. The summed E-state index contributed by atoms with van der Waals surface area (Å²) in [5.74, 6) is 0.226. The van der Waals surface area contributed by atoms with Gasteiger partial charge in [-0.2, -0.15) is 5.10 Å². The van der Waals surface area contributed by atoms with E-state index < -0.39 is 5.82 Å². The maximum atomic E-state index is 13.3. The molecule has 1 N–H and O–H groups in total. The highest BCUT2D eigenvalue weighted by atomic mass is 35.5. The van der Waals surface area contributed by atoms with E-state index >= 15 is 0 Å². The molecule has 1 amide bonds. The van der Waals surface area contributed by atoms with Crippen molar-refractivity contribution in [2.45, 2.75) is 33.2 Å². The van der Waals surface area contributed by atoms with Gasteiger partial charge in [0, 0.05) is 42.6 Å². The molecule has 1 atom stereocenters. The normalized spacial score (nSPS) is 16.0. The monoisotopic (exact) mass is 491 g/mol. The summed E-state index contributed by atoms with van der Waals surface area (Å²) in [6, 6.07) is 12.6. The number of hydrogen-bond donors (Lipinski definition) is 1. The van der Waals surface area contributed by atoms with Gasteiger partial charge in [-0.05, 0) is 56.0 Å². The second-order valence-electron chi connectivity index (χ2n) is 9.17. The van der Waals surface area contributed by atoms with Crippen molar-refractivity contribution in [1.29, 1.82) is 0 Å². The van der Waals surface area contributed by atoms with E-state index in [1.54, 1.807) is 12.3 Å². The number of halogens is 2. The van der Waals surface area contributed by atoms with E-state index in [0.717, 1.165) is 42.0 Å². The molecule has 2 aromatic carbocycles. The van der Waals surface area contributed by atoms with E-state index in [9.17, 15) is 9.18 Å². The molecule has 5 rings (SSSR count). The maximum absolute atomic E-state index is 13.3. The molecule has 1 saturated heterocycles. The standard InChI is InChI=1S/C27H27ClFN5O/c1-17-5-8-22(18(2)12-17)24-14-25-26(30-9-11-34(25)32-24)33-10-3-4-20(16-33)27(35)31-15-19-6-7-21(29)13-23(19)28/h5-9,11-14,20H,3-4,10,15-16H2,1-2H3,(H,31,35). The van der Waals surface area contributed by atoms with Crippen molar-refractivity contribution in [3.63, 3.8) is 0 Å². The molecule has 1 aliphatic rings. The van der Waals surface area contributed by atoms with E-state index in [1.807, 2.05) is 10.7 Å². The first-order valence-electron chi connectivity index (χ1n) is 11.8. The lowest BCUT2D eigenvalue weighted by Gasteiger charge is -2.33. The fourth-order valence-corrected chi connectivity index (χ4v) is 4.99. The Bertz CT molecular complexity index is 1400. The highest BCUT2D eigenvalue weighted by molar-refractivity contribution is 6.31. The van der Waals surface area contributed by atoms with Gasteiger partial charge in [0.05, 0.1) is 11.6 Å². The molecule has 0 bridgehead atoms. The highest BCUT2D eigenvalue weighted by Gasteiger charge is 2.28. The molecule has 0 saturated carbocycles. The predicted octanol–water partition coefficient (Wildman–Crippen LogP) is 5.34. The van der Waals surface area contributed by atoms with Gasteiger partial charge in [0.1, 0.15) is 11.3 Å². The number of benzene rings is 2. The summed E-state index contributed by atoms with van der Waals surface area (Å²) >= 11 is 6.11. The van der Waals surface area contributed by atoms with Crippen molar-refractivity contribution in [3.8, 4) is 11.3 Å². The summed E-state index contributed by atoms with van der Waals surface area (Å²) in [6.07, 6.45) is 5.29. The summed E-state index contributed by atoms with van der Waals surface area (Å²) in [7, 11) is 0. The first-order valence-corrected chi connectivity index (χ1v) is 12.2. The lowest BCUT2D eigenvalue weighted by molar-refractivity contribution is -0.125. The number of amides is 1. The minimum absolute atomic E-state index is 0.0356. The van der Waals surface area contributed by atoms with Crippen LogP contribution in [0.3, 0.4) is 0 Å². The Morgan fingerprint density at radius 1 is 1.20 bits per heavy atom. The summed E-state index contributed by atoms with van der Waals surface area (Å²) in [6.45, 7) is 5.84. The van der Waals surface area contributed by atoms with E-state index in [-0.39, 0.29) is 18.4 Å². The van der Waals surface area contributed by atoms with Crippen LogP contribution < -0.4 is 10.2 Å². The number of piperidine rings is 1. The minimum atomic E-state index is -0.393. The van der Waals surface area contributed by atoms with Crippen LogP contribution in [0.4, 0.5) is 10.2 Å². The van der Waals surface area contributed by atoms with Crippen LogP contribution in [0, 0.1) is 25.6 Å². The summed E-state index contributed by atoms with van der Waals surface area (Å²) in [4.78, 5) is 19.8. The largest absolute Gasteiger partial charge is 0.354 e. The van der Waals surface area contributed by atoms with E-state index in [4.69, 9.17) is 16.7 Å². The van der Waals surface area contributed by atoms with Crippen LogP contribution in [0.25, 0.3) is 16.8 Å². The van der Waals surface area contributed by atoms with Crippen LogP contribution >= 0.6 is 11.6 Å². The molecule has 0 radical (unpaired) electrons. The van der Waals surface area contributed by atoms with Crippen LogP contribution in [0.1, 0.15) is 29.5 Å². The molecule has 3 heterocycles. The number of nitrogens with zero attached hydrogens (tertiary/aromatic N) is 4. The number of aromatic nitrogens is 3. The van der Waals surface area contributed by atoms with Crippen molar-refractivity contribution < 1.29 is 9.18 Å². The number of carbonyl (C=O) groups is 1. The fraction of sp³-hybridized carbons (Fsp3) is 0.296. The Balaban J connectivity index is 1.34. The number of rotatable bonds is 5. The Morgan fingerprint density at radius 3 is 2.86 bits per heavy atom. The molecule has 0 spiro atoms. The second-order valence-corrected chi connectivity index (χ2v) is 9.57. The number of fused-ring (bicyclic) bond motifs is 1. The van der Waals surface area contributed by atoms with E-state index in [2.05, 4.69) is 53.3 Å². The predicted molar refractivity (Wildman–Crippen MR) is 136 cm³/mol. The van der Waals surface area contributed by atoms with Crippen LogP contribution in [-0.4, -0.2) is 33.6 Å². The van der Waals surface area contributed by atoms with Crippen molar-refractivity contribution in [2.24, 2.45) is 5.92 Å². The van der Waals surface area contributed by atoms with E-state index in [1.165, 1.54) is 23.3 Å². The number of hydrogen-bond acceptors (Lipinski definition) is 4. The van der Waals surface area contributed by atoms with Crippen molar-refractivity contribution in [3.05, 3.63) is 82.4 Å². The molecule has 6 nitrogen and oxygen atoms in total. The van der Waals surface area contributed by atoms with Crippen molar-refractivity contribution >= 4 is 28.8 Å². The van der Waals surface area contributed by atoms with Crippen molar-refractivity contribution in [2.75, 3.05) is 18.0 Å². The Hall–Kier alpha value is -3.45. The highest BCUT2D eigenvalue weighted by Crippen LogP contribution is 2.30. The van der Waals surface area contributed by atoms with Gasteiger partial charge in [0.15, 0.2) is 5.82 Å². The number of aryl methyl sites for hydroxylation is 2. The van der Waals surface area contributed by atoms with Crippen LogP contribution in [0.2, 0.25) is 5.02 Å². The fourth-order valence-electron chi connectivity index (χ4n) is 4.76. The third-order valence-corrected chi connectivity index (χ3v) is 6.94. The van der Waals surface area contributed by atoms with Gasteiger partial charge in [0.25, 0.3) is 0 Å². The Kier molecular flexibility index (Phi) is 6.43. The van der Waals surface area contributed by atoms with Gasteiger partial charge in [-0.3, -0.25) is 4.79 Å². The molecular formula is C27H27ClFN5O. The molecule has 0 aliphatic carbocycles. The Labute approximate surface area is 208 Å². The molecular weight excluding hydrogens is 465 g/mol. The number of anilines is 1. The summed E-state index contributed by atoms with van der Waals surface area (Å²) < 4.78 is 15.2. The van der Waals surface area contributed by atoms with Gasteiger partial charge < -0.3 is 10.2 Å². The second kappa shape index (κ2) is 9.66. The quantitative estimate of drug-likeness (QED) is 0.409. The molecule has 1 fully saturated rings. The first-order chi connectivity index (χ1) is 16.9. The van der Waals surface area contributed by atoms with Gasteiger partial charge in [-0.1, -0.05) is 41.4 Å². The topological polar surface area (TPSA) is 62.5 Å². The smallest absolute Gasteiger partial charge is 0.225 e. The van der Waals surface area contributed by atoms with Gasteiger partial charge in [-0.25, -0.2) is 13.9 Å². The van der Waals surface area contributed by atoms with Crippen LogP contribution in [0.15, 0.2) is 54.9 Å². The average Bonchev–Trinajstić information content (AvgIpc) is 3.27. The third-order valence-electron chi connectivity index (χ3n) is 6.59. The maximum Gasteiger partial charge on any atom is 0.225 e. The zero-order valence-corrected chi connectivity index (χ0v) is 20.5. The molecule has 35 heavy (non-hydrogen) atoms. The van der Waals surface area contributed by atoms with Crippen molar-refractivity contribution in [1.82, 2.24) is 19.9 Å². The summed E-state index contributed by atoms with van der Waals surface area (Å²) in [5, 5.41) is 8.07. The number of carbonyl (C=O) groups excluding carboxylic acids is 1. The zero-order chi connectivity index (χ0) is 24.5. The molecule has 2 aromatic heterocycles. The first kappa shape index (κ1) is 23.3. The lowest BCUT2D eigenvalue weighted by Crippen LogP contribution is -2.43. The van der Waals surface area contributed by atoms with Crippen LogP contribution in [0.5, 0.6) is 0 Å².